The molecule has 2 amide bonds. The average Bonchev–Trinajstić information content (AvgIpc) is 3.24. The van der Waals surface area contributed by atoms with Crippen LogP contribution in [0.4, 0.5) is 9.93 Å². The number of nitrogens with zero attached hydrogens (tertiary/aromatic N) is 5. The average molecular weight is 348 g/mol. The van der Waals surface area contributed by atoms with Crippen molar-refractivity contribution in [1.29, 1.82) is 0 Å². The summed E-state index contributed by atoms with van der Waals surface area (Å²) in [5.74, 6) is 1.23. The molecule has 130 valence electrons. The molecule has 2 aromatic heterocycles. The molecule has 1 aliphatic rings. The largest absolute Gasteiger partial charge is 0.324 e. The van der Waals surface area contributed by atoms with Gasteiger partial charge in [0.2, 0.25) is 0 Å². The molecule has 2 aromatic rings. The molecule has 1 saturated heterocycles. The Bertz CT molecular complexity index is 682. The van der Waals surface area contributed by atoms with Crippen molar-refractivity contribution in [1.82, 2.24) is 24.6 Å². The lowest BCUT2D eigenvalue weighted by Crippen LogP contribution is -2.42. The van der Waals surface area contributed by atoms with E-state index in [1.54, 1.807) is 17.7 Å². The molecule has 1 unspecified atom stereocenters. The molecule has 1 aliphatic heterocycles. The van der Waals surface area contributed by atoms with E-state index in [-0.39, 0.29) is 11.9 Å². The highest BCUT2D eigenvalue weighted by molar-refractivity contribution is 7.15. The van der Waals surface area contributed by atoms with Gasteiger partial charge in [0, 0.05) is 36.6 Å². The molecule has 1 atom stereocenters. The van der Waals surface area contributed by atoms with Crippen LogP contribution in [0.25, 0.3) is 0 Å². The summed E-state index contributed by atoms with van der Waals surface area (Å²) in [7, 11) is 0. The summed E-state index contributed by atoms with van der Waals surface area (Å²) in [5.41, 5.74) is 0. The number of likely N-dealkylation sites (tertiary alicyclic amines) is 1. The van der Waals surface area contributed by atoms with Crippen LogP contribution >= 0.6 is 11.3 Å². The Morgan fingerprint density at radius 1 is 1.46 bits per heavy atom. The predicted octanol–water partition coefficient (Wildman–Crippen LogP) is 3.12. The van der Waals surface area contributed by atoms with Gasteiger partial charge in [0.05, 0.1) is 0 Å². The van der Waals surface area contributed by atoms with E-state index in [1.807, 2.05) is 11.1 Å². The maximum atomic E-state index is 12.5. The van der Waals surface area contributed by atoms with Gasteiger partial charge in [0.25, 0.3) is 0 Å². The Morgan fingerprint density at radius 2 is 2.33 bits per heavy atom. The van der Waals surface area contributed by atoms with Gasteiger partial charge in [0.1, 0.15) is 12.2 Å². The summed E-state index contributed by atoms with van der Waals surface area (Å²) < 4.78 is 2.06. The molecular formula is C16H24N6OS. The second kappa shape index (κ2) is 7.74. The Kier molecular flexibility index (Phi) is 5.44. The molecule has 0 saturated carbocycles. The molecule has 8 heteroatoms. The number of amides is 2. The molecule has 0 bridgehead atoms. The minimum Gasteiger partial charge on any atom is -0.324 e. The normalized spacial score (nSPS) is 17.9. The van der Waals surface area contributed by atoms with Crippen LogP contribution in [0.3, 0.4) is 0 Å². The summed E-state index contributed by atoms with van der Waals surface area (Å²) in [6.45, 7) is 6.52. The number of urea groups is 1. The van der Waals surface area contributed by atoms with E-state index < -0.39 is 0 Å². The Labute approximate surface area is 146 Å². The van der Waals surface area contributed by atoms with Crippen LogP contribution in [0.15, 0.2) is 12.5 Å². The van der Waals surface area contributed by atoms with Gasteiger partial charge >= 0.3 is 6.03 Å². The molecule has 7 nitrogen and oxygen atoms in total. The van der Waals surface area contributed by atoms with Crippen molar-refractivity contribution in [3.63, 3.8) is 0 Å². The van der Waals surface area contributed by atoms with E-state index in [9.17, 15) is 4.79 Å². The minimum atomic E-state index is -0.0698. The third-order valence-corrected chi connectivity index (χ3v) is 5.30. The van der Waals surface area contributed by atoms with Crippen LogP contribution in [0.2, 0.25) is 0 Å². The van der Waals surface area contributed by atoms with Gasteiger partial charge < -0.3 is 9.47 Å². The molecule has 3 heterocycles. The maximum Gasteiger partial charge on any atom is 0.323 e. The number of rotatable bonds is 5. The number of carbonyl (C=O) groups is 1. The standard InChI is InChI=1S/C16H24N6OS/c1-3-6-13-9-17-15(24-13)19-16(23)22-8-5-7-12(10-22)14-20-18-11-21(14)4-2/h9,11-12H,3-8,10H2,1-2H3,(H,17,19,23). The molecule has 0 radical (unpaired) electrons. The number of hydrogen-bond acceptors (Lipinski definition) is 5. The van der Waals surface area contributed by atoms with Gasteiger partial charge in [-0.25, -0.2) is 9.78 Å². The van der Waals surface area contributed by atoms with Crippen LogP contribution in [-0.2, 0) is 13.0 Å². The van der Waals surface area contributed by atoms with Crippen LogP contribution in [0.1, 0.15) is 49.7 Å². The molecule has 1 N–H and O–H groups in total. The van der Waals surface area contributed by atoms with E-state index >= 15 is 0 Å². The Balaban J connectivity index is 1.62. The summed E-state index contributed by atoms with van der Waals surface area (Å²) in [4.78, 5) is 19.9. The van der Waals surface area contributed by atoms with Crippen molar-refractivity contribution in [2.45, 2.75) is 52.0 Å². The van der Waals surface area contributed by atoms with Crippen LogP contribution in [0.5, 0.6) is 0 Å². The first kappa shape index (κ1) is 16.9. The van der Waals surface area contributed by atoms with E-state index in [0.29, 0.717) is 11.7 Å². The van der Waals surface area contributed by atoms with Crippen molar-refractivity contribution < 1.29 is 4.79 Å². The number of piperidine rings is 1. The molecule has 0 aliphatic carbocycles. The topological polar surface area (TPSA) is 75.9 Å². The highest BCUT2D eigenvalue weighted by Crippen LogP contribution is 2.26. The highest BCUT2D eigenvalue weighted by Gasteiger charge is 2.28. The zero-order chi connectivity index (χ0) is 16.9. The fourth-order valence-electron chi connectivity index (χ4n) is 3.09. The number of anilines is 1. The van der Waals surface area contributed by atoms with Gasteiger partial charge in [-0.3, -0.25) is 5.32 Å². The smallest absolute Gasteiger partial charge is 0.323 e. The first-order valence-corrected chi connectivity index (χ1v) is 9.41. The third kappa shape index (κ3) is 3.75. The monoisotopic (exact) mass is 348 g/mol. The van der Waals surface area contributed by atoms with Crippen LogP contribution in [0, 0.1) is 0 Å². The lowest BCUT2D eigenvalue weighted by atomic mass is 9.97. The van der Waals surface area contributed by atoms with Gasteiger partial charge in [-0.1, -0.05) is 13.3 Å². The van der Waals surface area contributed by atoms with Crippen molar-refractivity contribution in [2.75, 3.05) is 18.4 Å². The van der Waals surface area contributed by atoms with E-state index in [4.69, 9.17) is 0 Å². The molecule has 0 spiro atoms. The molecule has 0 aromatic carbocycles. The second-order valence-corrected chi connectivity index (χ2v) is 7.19. The number of thiazole rings is 1. The first-order valence-electron chi connectivity index (χ1n) is 8.59. The van der Waals surface area contributed by atoms with Gasteiger partial charge in [0.15, 0.2) is 5.13 Å². The second-order valence-electron chi connectivity index (χ2n) is 6.07. The van der Waals surface area contributed by atoms with E-state index in [2.05, 4.69) is 38.9 Å². The van der Waals surface area contributed by atoms with Crippen molar-refractivity contribution in [3.05, 3.63) is 23.2 Å². The summed E-state index contributed by atoms with van der Waals surface area (Å²) >= 11 is 1.56. The Morgan fingerprint density at radius 3 is 3.12 bits per heavy atom. The molecule has 3 rings (SSSR count). The number of carbonyl (C=O) groups excluding carboxylic acids is 1. The number of hydrogen-bond donors (Lipinski definition) is 1. The zero-order valence-electron chi connectivity index (χ0n) is 14.2. The number of nitrogens with one attached hydrogen (secondary N) is 1. The van der Waals surface area contributed by atoms with Crippen LogP contribution < -0.4 is 5.32 Å². The van der Waals surface area contributed by atoms with Crippen molar-refractivity contribution >= 4 is 22.5 Å². The van der Waals surface area contributed by atoms with Crippen LogP contribution in [-0.4, -0.2) is 43.8 Å². The summed E-state index contributed by atoms with van der Waals surface area (Å²) in [6.07, 6.45) is 7.73. The van der Waals surface area contributed by atoms with Crippen molar-refractivity contribution in [2.24, 2.45) is 0 Å². The summed E-state index contributed by atoms with van der Waals surface area (Å²) in [6, 6.07) is -0.0698. The van der Waals surface area contributed by atoms with Crippen molar-refractivity contribution in [3.8, 4) is 0 Å². The molecule has 1 fully saturated rings. The predicted molar refractivity (Wildman–Crippen MR) is 94.4 cm³/mol. The number of aromatic nitrogens is 4. The fraction of sp³-hybridized carbons (Fsp3) is 0.625. The lowest BCUT2D eigenvalue weighted by molar-refractivity contribution is 0.190. The maximum absolute atomic E-state index is 12.5. The zero-order valence-corrected chi connectivity index (χ0v) is 15.1. The Hall–Kier alpha value is -1.96. The first-order chi connectivity index (χ1) is 11.7. The lowest BCUT2D eigenvalue weighted by Gasteiger charge is -2.32. The van der Waals surface area contributed by atoms with Gasteiger partial charge in [-0.05, 0) is 26.2 Å². The fourth-order valence-corrected chi connectivity index (χ4v) is 4.00. The minimum absolute atomic E-state index is 0.0698. The van der Waals surface area contributed by atoms with Gasteiger partial charge in [-0.15, -0.1) is 21.5 Å². The van der Waals surface area contributed by atoms with Gasteiger partial charge in [-0.2, -0.15) is 0 Å². The quantitative estimate of drug-likeness (QED) is 0.901. The number of aryl methyl sites for hydroxylation is 2. The molecular weight excluding hydrogens is 324 g/mol. The molecule has 24 heavy (non-hydrogen) atoms. The summed E-state index contributed by atoms with van der Waals surface area (Å²) in [5, 5.41) is 11.9. The SMILES string of the molecule is CCCc1cnc(NC(=O)N2CCCC(c3nncn3CC)C2)s1. The highest BCUT2D eigenvalue weighted by atomic mass is 32.1. The third-order valence-electron chi connectivity index (χ3n) is 4.32. The van der Waals surface area contributed by atoms with E-state index in [1.165, 1.54) is 4.88 Å². The van der Waals surface area contributed by atoms with E-state index in [0.717, 1.165) is 44.6 Å².